The molecule has 2 aromatic heterocycles. The second-order valence-corrected chi connectivity index (χ2v) is 6.83. The highest BCUT2D eigenvalue weighted by Crippen LogP contribution is 2.29. The highest BCUT2D eigenvalue weighted by atomic mass is 32.2. The lowest BCUT2D eigenvalue weighted by Crippen LogP contribution is -2.16. The van der Waals surface area contributed by atoms with E-state index in [0.29, 0.717) is 23.2 Å². The highest BCUT2D eigenvalue weighted by molar-refractivity contribution is 7.95. The van der Waals surface area contributed by atoms with E-state index in [-0.39, 0.29) is 0 Å². The fourth-order valence-electron chi connectivity index (χ4n) is 3.18. The van der Waals surface area contributed by atoms with Crippen LogP contribution in [0.5, 0.6) is 0 Å². The summed E-state index contributed by atoms with van der Waals surface area (Å²) in [5.41, 5.74) is 3.40. The number of nitrogens with one attached hydrogen (secondary N) is 2. The number of fused-ring (bicyclic) bond motifs is 2. The molecule has 0 atom stereocenters. The Morgan fingerprint density at radius 3 is 3.08 bits per heavy atom. The molecule has 0 spiro atoms. The number of hydrogen-bond acceptors (Lipinski definition) is 8. The Balaban J connectivity index is 1.50. The number of hydrogen-bond donors (Lipinski definition) is 2. The normalized spacial score (nSPS) is 20.1. The van der Waals surface area contributed by atoms with Gasteiger partial charge in [0.25, 0.3) is 0 Å². The van der Waals surface area contributed by atoms with E-state index in [4.69, 9.17) is 0 Å². The minimum Gasteiger partial charge on any atom is -0.351 e. The topological polar surface area (TPSA) is 83.8 Å². The first kappa shape index (κ1) is 13.8. The zero-order valence-corrected chi connectivity index (χ0v) is 13.7. The van der Waals surface area contributed by atoms with E-state index in [0.717, 1.165) is 11.4 Å². The van der Waals surface area contributed by atoms with E-state index in [1.807, 2.05) is 28.9 Å². The molecule has 122 valence electrons. The molecule has 0 saturated heterocycles. The SMILES string of the molecule is C1=CN2SNC=C2C=C1n1nnc2cnc(NC3CCCC3)nc21. The summed E-state index contributed by atoms with van der Waals surface area (Å²) in [7, 11) is 0. The molecular weight excluding hydrogens is 324 g/mol. The van der Waals surface area contributed by atoms with Gasteiger partial charge >= 0.3 is 0 Å². The molecule has 4 heterocycles. The third kappa shape index (κ3) is 2.32. The Hall–Kier alpha value is -2.55. The predicted molar refractivity (Wildman–Crippen MR) is 93.1 cm³/mol. The number of aromatic nitrogens is 5. The largest absolute Gasteiger partial charge is 0.351 e. The van der Waals surface area contributed by atoms with Crippen LogP contribution in [0.3, 0.4) is 0 Å². The van der Waals surface area contributed by atoms with Crippen molar-refractivity contribution in [1.29, 1.82) is 0 Å². The Bertz CT molecular complexity index is 877. The minimum absolute atomic E-state index is 0.473. The Labute approximate surface area is 143 Å². The molecule has 1 saturated carbocycles. The van der Waals surface area contributed by atoms with Gasteiger partial charge in [0.05, 0.1) is 29.7 Å². The molecule has 0 aromatic carbocycles. The van der Waals surface area contributed by atoms with Crippen LogP contribution in [-0.2, 0) is 0 Å². The summed E-state index contributed by atoms with van der Waals surface area (Å²) in [6.07, 6.45) is 14.6. The van der Waals surface area contributed by atoms with Gasteiger partial charge in [-0.25, -0.2) is 4.98 Å². The molecule has 3 aliphatic rings. The van der Waals surface area contributed by atoms with Crippen molar-refractivity contribution < 1.29 is 0 Å². The first-order valence-electron chi connectivity index (χ1n) is 8.04. The Kier molecular flexibility index (Phi) is 3.18. The van der Waals surface area contributed by atoms with Gasteiger partial charge in [0.2, 0.25) is 5.95 Å². The number of rotatable bonds is 3. The molecule has 0 amide bonds. The second-order valence-electron chi connectivity index (χ2n) is 6.02. The van der Waals surface area contributed by atoms with Crippen molar-refractivity contribution in [3.63, 3.8) is 0 Å². The van der Waals surface area contributed by atoms with Crippen LogP contribution in [0, 0.1) is 0 Å². The van der Waals surface area contributed by atoms with E-state index < -0.39 is 0 Å². The van der Waals surface area contributed by atoms with Gasteiger partial charge in [-0.1, -0.05) is 18.1 Å². The molecule has 0 unspecified atom stereocenters. The van der Waals surface area contributed by atoms with Crippen LogP contribution in [0.15, 0.2) is 36.4 Å². The van der Waals surface area contributed by atoms with Gasteiger partial charge in [0.1, 0.15) is 0 Å². The maximum Gasteiger partial charge on any atom is 0.225 e. The summed E-state index contributed by atoms with van der Waals surface area (Å²) in [6.45, 7) is 0. The van der Waals surface area contributed by atoms with Crippen molar-refractivity contribution in [2.24, 2.45) is 0 Å². The van der Waals surface area contributed by atoms with Gasteiger partial charge < -0.3 is 10.0 Å². The van der Waals surface area contributed by atoms with Gasteiger partial charge in [-0.3, -0.25) is 4.31 Å². The fraction of sp³-hybridized carbons (Fsp3) is 0.333. The molecule has 0 radical (unpaired) electrons. The van der Waals surface area contributed by atoms with Crippen LogP contribution < -0.4 is 10.0 Å². The van der Waals surface area contributed by atoms with Crippen LogP contribution in [0.2, 0.25) is 0 Å². The molecule has 2 aliphatic heterocycles. The van der Waals surface area contributed by atoms with Crippen LogP contribution >= 0.6 is 12.1 Å². The molecule has 24 heavy (non-hydrogen) atoms. The molecule has 1 fully saturated rings. The second kappa shape index (κ2) is 5.52. The summed E-state index contributed by atoms with van der Waals surface area (Å²) < 4.78 is 6.93. The van der Waals surface area contributed by atoms with Gasteiger partial charge in [-0.15, -0.1) is 5.10 Å². The lowest BCUT2D eigenvalue weighted by molar-refractivity contribution is 0.744. The lowest BCUT2D eigenvalue weighted by atomic mass is 10.2. The summed E-state index contributed by atoms with van der Waals surface area (Å²) in [5.74, 6) is 0.650. The van der Waals surface area contributed by atoms with Gasteiger partial charge in [-0.2, -0.15) is 9.67 Å². The summed E-state index contributed by atoms with van der Waals surface area (Å²) in [6, 6.07) is 0.473. The molecule has 1 aliphatic carbocycles. The third-order valence-electron chi connectivity index (χ3n) is 4.41. The average molecular weight is 340 g/mol. The maximum atomic E-state index is 4.65. The molecule has 0 bridgehead atoms. The van der Waals surface area contributed by atoms with Gasteiger partial charge in [0.15, 0.2) is 11.2 Å². The van der Waals surface area contributed by atoms with Crippen molar-refractivity contribution >= 4 is 34.9 Å². The van der Waals surface area contributed by atoms with E-state index >= 15 is 0 Å². The first-order valence-corrected chi connectivity index (χ1v) is 8.81. The smallest absolute Gasteiger partial charge is 0.225 e. The van der Waals surface area contributed by atoms with Gasteiger partial charge in [-0.05, 0) is 25.0 Å². The van der Waals surface area contributed by atoms with Crippen molar-refractivity contribution in [2.45, 2.75) is 31.7 Å². The lowest BCUT2D eigenvalue weighted by Gasteiger charge is -2.17. The van der Waals surface area contributed by atoms with Crippen molar-refractivity contribution in [2.75, 3.05) is 5.32 Å². The maximum absolute atomic E-state index is 4.65. The number of anilines is 1. The number of nitrogens with zero attached hydrogens (tertiary/aromatic N) is 6. The van der Waals surface area contributed by atoms with E-state index in [1.54, 1.807) is 10.9 Å². The monoisotopic (exact) mass is 340 g/mol. The zero-order valence-electron chi connectivity index (χ0n) is 12.9. The minimum atomic E-state index is 0.473. The molecular formula is C15H16N8S. The van der Waals surface area contributed by atoms with E-state index in [2.05, 4.69) is 30.3 Å². The van der Waals surface area contributed by atoms with E-state index in [9.17, 15) is 0 Å². The Morgan fingerprint density at radius 2 is 2.17 bits per heavy atom. The zero-order chi connectivity index (χ0) is 15.9. The van der Waals surface area contributed by atoms with Crippen molar-refractivity contribution in [3.05, 3.63) is 36.4 Å². The molecule has 8 nitrogen and oxygen atoms in total. The van der Waals surface area contributed by atoms with Crippen LogP contribution in [0.1, 0.15) is 25.7 Å². The van der Waals surface area contributed by atoms with Crippen LogP contribution in [0.4, 0.5) is 5.95 Å². The van der Waals surface area contributed by atoms with Crippen molar-refractivity contribution in [3.8, 4) is 0 Å². The third-order valence-corrected chi connectivity index (χ3v) is 5.17. The Morgan fingerprint density at radius 1 is 1.25 bits per heavy atom. The molecule has 2 N–H and O–H groups in total. The quantitative estimate of drug-likeness (QED) is 0.823. The predicted octanol–water partition coefficient (Wildman–Crippen LogP) is 2.25. The van der Waals surface area contributed by atoms with Gasteiger partial charge in [0, 0.05) is 18.4 Å². The van der Waals surface area contributed by atoms with Crippen LogP contribution in [0.25, 0.3) is 16.9 Å². The average Bonchev–Trinajstić information content (AvgIpc) is 3.34. The fourth-order valence-corrected chi connectivity index (χ4v) is 3.80. The van der Waals surface area contributed by atoms with Crippen LogP contribution in [-0.4, -0.2) is 35.3 Å². The highest BCUT2D eigenvalue weighted by Gasteiger charge is 2.20. The van der Waals surface area contributed by atoms with Crippen molar-refractivity contribution in [1.82, 2.24) is 34.0 Å². The van der Waals surface area contributed by atoms with E-state index in [1.165, 1.54) is 37.8 Å². The summed E-state index contributed by atoms with van der Waals surface area (Å²) in [5, 5.41) is 11.9. The first-order chi connectivity index (χ1) is 11.9. The summed E-state index contributed by atoms with van der Waals surface area (Å²) >= 11 is 1.53. The molecule has 2 aromatic rings. The molecule has 5 rings (SSSR count). The number of allylic oxidation sites excluding steroid dienone is 3. The standard InChI is InChI=1S/C15H16N8S/c1-2-4-10(3-1)18-15-16-9-13-14(19-15)23(21-20-13)11-5-6-22-12(7-11)8-17-24-22/h5-10,17H,1-4H2,(H,16,18,19). The molecule has 9 heteroatoms. The summed E-state index contributed by atoms with van der Waals surface area (Å²) in [4.78, 5) is 9.02.